The van der Waals surface area contributed by atoms with Crippen molar-refractivity contribution in [2.45, 2.75) is 12.5 Å². The molecule has 138 valence electrons. The van der Waals surface area contributed by atoms with Crippen LogP contribution in [0.3, 0.4) is 0 Å². The van der Waals surface area contributed by atoms with Gasteiger partial charge in [0, 0.05) is 18.7 Å². The molecule has 0 saturated heterocycles. The third-order valence-corrected chi connectivity index (χ3v) is 3.32. The molecule has 1 aromatic carbocycles. The van der Waals surface area contributed by atoms with Gasteiger partial charge in [0.1, 0.15) is 6.04 Å². The molecule has 25 heavy (non-hydrogen) atoms. The number of anilines is 1. The molecule has 0 radical (unpaired) electrons. The smallest absolute Gasteiger partial charge is 0.321 e. The zero-order valence-corrected chi connectivity index (χ0v) is 13.9. The fraction of sp³-hybridized carbons (Fsp3) is 0.429. The lowest BCUT2D eigenvalue weighted by Gasteiger charge is -2.14. The van der Waals surface area contributed by atoms with Gasteiger partial charge in [-0.15, -0.1) is 0 Å². The Morgan fingerprint density at radius 2 is 2.08 bits per heavy atom. The molecule has 11 heteroatoms. The molecule has 0 fully saturated rings. The molecule has 1 rings (SSSR count). The number of nitrogens with zero attached hydrogens (tertiary/aromatic N) is 1. The zero-order valence-electron chi connectivity index (χ0n) is 13.1. The lowest BCUT2D eigenvalue weighted by Crippen LogP contribution is -2.41. The highest BCUT2D eigenvalue weighted by Gasteiger charge is 2.21. The minimum Gasteiger partial charge on any atom is -0.480 e. The maximum absolute atomic E-state index is 12.0. The molecular formula is C14H18ClN3O7. The van der Waals surface area contributed by atoms with Gasteiger partial charge in [0.15, 0.2) is 0 Å². The highest BCUT2D eigenvalue weighted by Crippen LogP contribution is 2.26. The first kappa shape index (κ1) is 20.8. The summed E-state index contributed by atoms with van der Waals surface area (Å²) in [7, 11) is 0. The highest BCUT2D eigenvalue weighted by atomic mass is 35.5. The fourth-order valence-electron chi connectivity index (χ4n) is 1.83. The summed E-state index contributed by atoms with van der Waals surface area (Å²) in [5.41, 5.74) is -0.232. The van der Waals surface area contributed by atoms with Crippen LogP contribution >= 0.6 is 11.6 Å². The van der Waals surface area contributed by atoms with Gasteiger partial charge in [-0.1, -0.05) is 11.6 Å². The van der Waals surface area contributed by atoms with Crippen molar-refractivity contribution >= 4 is 34.9 Å². The third-order valence-electron chi connectivity index (χ3n) is 3.00. The fourth-order valence-corrected chi connectivity index (χ4v) is 1.99. The lowest BCUT2D eigenvalue weighted by atomic mass is 10.2. The highest BCUT2D eigenvalue weighted by molar-refractivity contribution is 6.33. The second-order valence-corrected chi connectivity index (χ2v) is 5.26. The van der Waals surface area contributed by atoms with Gasteiger partial charge in [-0.3, -0.25) is 19.7 Å². The average molecular weight is 376 g/mol. The molecule has 1 atom stereocenters. The van der Waals surface area contributed by atoms with E-state index in [1.54, 1.807) is 0 Å². The number of aliphatic hydroxyl groups is 1. The number of aliphatic hydroxyl groups excluding tert-OH is 1. The van der Waals surface area contributed by atoms with Gasteiger partial charge in [-0.05, 0) is 6.07 Å². The average Bonchev–Trinajstić information content (AvgIpc) is 2.55. The van der Waals surface area contributed by atoms with Crippen LogP contribution in [0, 0.1) is 10.1 Å². The number of nitro benzene ring substituents is 1. The molecule has 0 saturated carbocycles. The van der Waals surface area contributed by atoms with Crippen LogP contribution in [0.4, 0.5) is 11.4 Å². The Hall–Kier alpha value is -2.27. The largest absolute Gasteiger partial charge is 0.480 e. The first-order chi connectivity index (χ1) is 11.8. The van der Waals surface area contributed by atoms with Gasteiger partial charge >= 0.3 is 5.97 Å². The quantitative estimate of drug-likeness (QED) is 0.250. The molecule has 0 bridgehead atoms. The molecule has 1 aromatic rings. The number of nitro groups is 1. The molecule has 0 heterocycles. The van der Waals surface area contributed by atoms with Crippen LogP contribution in [0.25, 0.3) is 0 Å². The van der Waals surface area contributed by atoms with Crippen molar-refractivity contribution < 1.29 is 29.5 Å². The number of carboxylic acid groups (broad SMARTS) is 1. The number of halogens is 1. The van der Waals surface area contributed by atoms with Gasteiger partial charge in [-0.2, -0.15) is 0 Å². The Morgan fingerprint density at radius 3 is 2.68 bits per heavy atom. The van der Waals surface area contributed by atoms with E-state index in [0.29, 0.717) is 0 Å². The number of carbonyl (C=O) groups excluding carboxylic acids is 1. The number of hydrogen-bond acceptors (Lipinski definition) is 7. The SMILES string of the molecule is O=C(C[C@H](NCCOCCO)C(=O)O)Nc1cc([N+](=O)[O-])ccc1Cl. The van der Waals surface area contributed by atoms with Crippen LogP contribution in [0.2, 0.25) is 5.02 Å². The molecular weight excluding hydrogens is 358 g/mol. The van der Waals surface area contributed by atoms with Crippen LogP contribution in [0.5, 0.6) is 0 Å². The van der Waals surface area contributed by atoms with E-state index in [-0.39, 0.29) is 42.8 Å². The van der Waals surface area contributed by atoms with E-state index in [0.717, 1.165) is 6.07 Å². The number of ether oxygens (including phenoxy) is 1. The molecule has 10 nitrogen and oxygen atoms in total. The van der Waals surface area contributed by atoms with E-state index in [1.165, 1.54) is 12.1 Å². The van der Waals surface area contributed by atoms with Crippen LogP contribution in [-0.2, 0) is 14.3 Å². The van der Waals surface area contributed by atoms with E-state index in [1.807, 2.05) is 0 Å². The van der Waals surface area contributed by atoms with E-state index in [4.69, 9.17) is 26.6 Å². The van der Waals surface area contributed by atoms with E-state index < -0.39 is 29.3 Å². The monoisotopic (exact) mass is 375 g/mol. The summed E-state index contributed by atoms with van der Waals surface area (Å²) in [5, 5.41) is 33.5. The normalized spacial score (nSPS) is 11.8. The predicted octanol–water partition coefficient (Wildman–Crippen LogP) is 0.629. The summed E-state index contributed by atoms with van der Waals surface area (Å²) in [6, 6.07) is 2.37. The van der Waals surface area contributed by atoms with E-state index >= 15 is 0 Å². The lowest BCUT2D eigenvalue weighted by molar-refractivity contribution is -0.384. The summed E-state index contributed by atoms with van der Waals surface area (Å²) < 4.78 is 4.98. The van der Waals surface area contributed by atoms with Gasteiger partial charge in [0.25, 0.3) is 5.69 Å². The van der Waals surface area contributed by atoms with Crippen LogP contribution in [-0.4, -0.2) is 59.4 Å². The first-order valence-electron chi connectivity index (χ1n) is 7.23. The van der Waals surface area contributed by atoms with Crippen molar-refractivity contribution in [2.24, 2.45) is 0 Å². The topological polar surface area (TPSA) is 151 Å². The molecule has 0 aromatic heterocycles. The van der Waals surface area contributed by atoms with Crippen molar-refractivity contribution in [3.63, 3.8) is 0 Å². The molecule has 0 aliphatic heterocycles. The number of amides is 1. The van der Waals surface area contributed by atoms with E-state index in [2.05, 4.69) is 10.6 Å². The number of rotatable bonds is 11. The molecule has 4 N–H and O–H groups in total. The molecule has 0 spiro atoms. The maximum Gasteiger partial charge on any atom is 0.321 e. The van der Waals surface area contributed by atoms with Crippen molar-refractivity contribution in [1.82, 2.24) is 5.32 Å². The van der Waals surface area contributed by atoms with Gasteiger partial charge < -0.3 is 25.6 Å². The molecule has 0 aliphatic carbocycles. The van der Waals surface area contributed by atoms with Crippen molar-refractivity contribution in [2.75, 3.05) is 31.7 Å². The number of benzene rings is 1. The first-order valence-corrected chi connectivity index (χ1v) is 7.61. The summed E-state index contributed by atoms with van der Waals surface area (Å²) in [6.45, 7) is 0.324. The Morgan fingerprint density at radius 1 is 1.36 bits per heavy atom. The van der Waals surface area contributed by atoms with Crippen molar-refractivity contribution in [3.8, 4) is 0 Å². The Labute approximate surface area is 147 Å². The third kappa shape index (κ3) is 7.44. The second kappa shape index (κ2) is 10.6. The summed E-state index contributed by atoms with van der Waals surface area (Å²) in [6.07, 6.45) is -0.408. The van der Waals surface area contributed by atoms with Crippen LogP contribution < -0.4 is 10.6 Å². The zero-order chi connectivity index (χ0) is 18.8. The number of hydrogen-bond donors (Lipinski definition) is 4. The van der Waals surface area contributed by atoms with Crippen molar-refractivity contribution in [1.29, 1.82) is 0 Å². The van der Waals surface area contributed by atoms with Crippen LogP contribution in [0.1, 0.15) is 6.42 Å². The number of carbonyl (C=O) groups is 2. The Balaban J connectivity index is 2.61. The van der Waals surface area contributed by atoms with Crippen LogP contribution in [0.15, 0.2) is 18.2 Å². The molecule has 0 aliphatic rings. The number of non-ortho nitro benzene ring substituents is 1. The predicted molar refractivity (Wildman–Crippen MR) is 88.7 cm³/mol. The minimum atomic E-state index is -1.23. The van der Waals surface area contributed by atoms with Gasteiger partial charge in [0.05, 0.1) is 41.9 Å². The van der Waals surface area contributed by atoms with Gasteiger partial charge in [-0.25, -0.2) is 0 Å². The summed E-state index contributed by atoms with van der Waals surface area (Å²) in [4.78, 5) is 33.3. The van der Waals surface area contributed by atoms with Crippen molar-refractivity contribution in [3.05, 3.63) is 33.3 Å². The van der Waals surface area contributed by atoms with E-state index in [9.17, 15) is 19.7 Å². The second-order valence-electron chi connectivity index (χ2n) is 4.85. The Bertz CT molecular complexity index is 626. The number of aliphatic carboxylic acids is 1. The molecule has 0 unspecified atom stereocenters. The Kier molecular flexibility index (Phi) is 8.78. The maximum atomic E-state index is 12.0. The minimum absolute atomic E-state index is 0.0243. The van der Waals surface area contributed by atoms with Gasteiger partial charge in [0.2, 0.25) is 5.91 Å². The standard InChI is InChI=1S/C14H18ClN3O7/c15-10-2-1-9(18(23)24)7-11(10)17-13(20)8-12(14(21)22)16-3-5-25-6-4-19/h1-2,7,12,16,19H,3-6,8H2,(H,17,20)(H,21,22)/t12-/m0/s1. The number of nitrogens with one attached hydrogen (secondary N) is 2. The molecule has 1 amide bonds. The summed E-state index contributed by atoms with van der Waals surface area (Å²) in [5.74, 6) is -1.90. The number of carboxylic acids is 1. The summed E-state index contributed by atoms with van der Waals surface area (Å²) >= 11 is 5.87.